The highest BCUT2D eigenvalue weighted by Crippen LogP contribution is 2.26. The summed E-state index contributed by atoms with van der Waals surface area (Å²) in [7, 11) is 1.45. The molecule has 0 aliphatic carbocycles. The number of rotatable bonds is 3. The number of carbonyl (C=O) groups excluding carboxylic acids is 1. The van der Waals surface area contributed by atoms with Gasteiger partial charge in [-0.1, -0.05) is 6.07 Å². The molecule has 74 valence electrons. The molecule has 1 aromatic carbocycles. The van der Waals surface area contributed by atoms with Crippen molar-refractivity contribution in [2.75, 3.05) is 7.11 Å². The topological polar surface area (TPSA) is 72.5 Å². The van der Waals surface area contributed by atoms with Crippen LogP contribution < -0.4 is 10.5 Å². The van der Waals surface area contributed by atoms with Gasteiger partial charge >= 0.3 is 0 Å². The van der Waals surface area contributed by atoms with E-state index in [1.54, 1.807) is 18.2 Å². The smallest absolute Gasteiger partial charge is 0.241 e. The molecule has 1 rings (SSSR count). The highest BCUT2D eigenvalue weighted by molar-refractivity contribution is 5.90. The van der Waals surface area contributed by atoms with Crippen molar-refractivity contribution in [3.8, 4) is 11.5 Å². The number of hydrogen-bond acceptors (Lipinski definition) is 3. The molecule has 0 spiro atoms. The van der Waals surface area contributed by atoms with Gasteiger partial charge in [0.2, 0.25) is 5.91 Å². The van der Waals surface area contributed by atoms with Crippen LogP contribution in [0, 0.1) is 0 Å². The molecular formula is C10H11NO3. The van der Waals surface area contributed by atoms with E-state index in [9.17, 15) is 9.90 Å². The van der Waals surface area contributed by atoms with Gasteiger partial charge < -0.3 is 15.6 Å². The van der Waals surface area contributed by atoms with Crippen LogP contribution in [0.5, 0.6) is 11.5 Å². The summed E-state index contributed by atoms with van der Waals surface area (Å²) in [4.78, 5) is 10.4. The van der Waals surface area contributed by atoms with E-state index < -0.39 is 5.91 Å². The summed E-state index contributed by atoms with van der Waals surface area (Å²) in [5.74, 6) is -0.0996. The monoisotopic (exact) mass is 193 g/mol. The SMILES string of the molecule is COc1cc(C=CC(N)=O)ccc1O. The number of nitrogens with two attached hydrogens (primary N) is 1. The van der Waals surface area contributed by atoms with E-state index in [1.165, 1.54) is 19.3 Å². The molecule has 0 aliphatic rings. The van der Waals surface area contributed by atoms with Gasteiger partial charge in [0, 0.05) is 6.08 Å². The second kappa shape index (κ2) is 4.32. The second-order valence-corrected chi connectivity index (χ2v) is 2.67. The minimum absolute atomic E-state index is 0.0590. The first kappa shape index (κ1) is 10.1. The summed E-state index contributed by atoms with van der Waals surface area (Å²) in [5, 5.41) is 9.27. The molecule has 1 amide bonds. The highest BCUT2D eigenvalue weighted by Gasteiger charge is 2.00. The number of benzene rings is 1. The predicted octanol–water partition coefficient (Wildman–Crippen LogP) is 0.899. The van der Waals surface area contributed by atoms with E-state index in [0.29, 0.717) is 5.75 Å². The zero-order valence-corrected chi connectivity index (χ0v) is 7.73. The van der Waals surface area contributed by atoms with E-state index in [0.717, 1.165) is 5.56 Å². The van der Waals surface area contributed by atoms with Crippen LogP contribution in [0.2, 0.25) is 0 Å². The van der Waals surface area contributed by atoms with Gasteiger partial charge in [0.15, 0.2) is 11.5 Å². The van der Waals surface area contributed by atoms with E-state index in [-0.39, 0.29) is 5.75 Å². The zero-order valence-electron chi connectivity index (χ0n) is 7.73. The molecule has 4 heteroatoms. The molecule has 3 N–H and O–H groups in total. The Hall–Kier alpha value is -1.97. The van der Waals surface area contributed by atoms with Crippen LogP contribution in [-0.2, 0) is 4.79 Å². The number of phenolic OH excluding ortho intramolecular Hbond substituents is 1. The Balaban J connectivity index is 2.95. The Morgan fingerprint density at radius 3 is 2.86 bits per heavy atom. The maximum atomic E-state index is 10.4. The van der Waals surface area contributed by atoms with Crippen molar-refractivity contribution in [3.63, 3.8) is 0 Å². The largest absolute Gasteiger partial charge is 0.504 e. The van der Waals surface area contributed by atoms with Crippen molar-refractivity contribution >= 4 is 12.0 Å². The fourth-order valence-corrected chi connectivity index (χ4v) is 0.976. The Bertz CT molecular complexity index is 372. The Morgan fingerprint density at radius 2 is 2.29 bits per heavy atom. The zero-order chi connectivity index (χ0) is 10.6. The minimum atomic E-state index is -0.517. The quantitative estimate of drug-likeness (QED) is 0.700. The number of amides is 1. The van der Waals surface area contributed by atoms with Gasteiger partial charge in [-0.2, -0.15) is 0 Å². The highest BCUT2D eigenvalue weighted by atomic mass is 16.5. The summed E-state index contributed by atoms with van der Waals surface area (Å²) in [5.41, 5.74) is 5.67. The number of primary amides is 1. The van der Waals surface area contributed by atoms with Gasteiger partial charge in [-0.25, -0.2) is 0 Å². The first-order valence-corrected chi connectivity index (χ1v) is 3.98. The lowest BCUT2D eigenvalue weighted by atomic mass is 10.2. The average molecular weight is 193 g/mol. The molecule has 0 aliphatic heterocycles. The van der Waals surface area contributed by atoms with Crippen LogP contribution >= 0.6 is 0 Å². The molecule has 4 nitrogen and oxygen atoms in total. The van der Waals surface area contributed by atoms with Gasteiger partial charge in [-0.05, 0) is 23.8 Å². The van der Waals surface area contributed by atoms with E-state index in [4.69, 9.17) is 10.5 Å². The number of carbonyl (C=O) groups is 1. The number of methoxy groups -OCH3 is 1. The molecule has 0 atom stereocenters. The number of ether oxygens (including phenoxy) is 1. The van der Waals surface area contributed by atoms with Crippen molar-refractivity contribution in [1.82, 2.24) is 0 Å². The third-order valence-corrected chi connectivity index (χ3v) is 1.64. The normalized spacial score (nSPS) is 10.4. The number of phenols is 1. The van der Waals surface area contributed by atoms with Crippen LogP contribution in [0.3, 0.4) is 0 Å². The fraction of sp³-hybridized carbons (Fsp3) is 0.100. The maximum absolute atomic E-state index is 10.4. The summed E-state index contributed by atoms with van der Waals surface area (Å²) >= 11 is 0. The van der Waals surface area contributed by atoms with Crippen molar-refractivity contribution in [1.29, 1.82) is 0 Å². The van der Waals surface area contributed by atoms with Crippen LogP contribution in [0.15, 0.2) is 24.3 Å². The first-order chi connectivity index (χ1) is 6.63. The lowest BCUT2D eigenvalue weighted by Gasteiger charge is -2.03. The molecule has 0 bridgehead atoms. The van der Waals surface area contributed by atoms with Crippen LogP contribution in [0.1, 0.15) is 5.56 Å². The van der Waals surface area contributed by atoms with E-state index >= 15 is 0 Å². The van der Waals surface area contributed by atoms with Crippen molar-refractivity contribution < 1.29 is 14.6 Å². The van der Waals surface area contributed by atoms with E-state index in [2.05, 4.69) is 0 Å². The number of hydrogen-bond donors (Lipinski definition) is 2. The third-order valence-electron chi connectivity index (χ3n) is 1.64. The fourth-order valence-electron chi connectivity index (χ4n) is 0.976. The van der Waals surface area contributed by atoms with Gasteiger partial charge in [-0.15, -0.1) is 0 Å². The second-order valence-electron chi connectivity index (χ2n) is 2.67. The van der Waals surface area contributed by atoms with Crippen molar-refractivity contribution in [2.24, 2.45) is 5.73 Å². The van der Waals surface area contributed by atoms with Gasteiger partial charge in [0.1, 0.15) is 0 Å². The van der Waals surface area contributed by atoms with Gasteiger partial charge in [0.25, 0.3) is 0 Å². The molecule has 0 heterocycles. The average Bonchev–Trinajstić information content (AvgIpc) is 2.16. The summed E-state index contributed by atoms with van der Waals surface area (Å²) in [6.45, 7) is 0. The van der Waals surface area contributed by atoms with Gasteiger partial charge in [-0.3, -0.25) is 4.79 Å². The first-order valence-electron chi connectivity index (χ1n) is 3.98. The molecular weight excluding hydrogens is 182 g/mol. The molecule has 0 saturated carbocycles. The van der Waals surface area contributed by atoms with Crippen LogP contribution in [0.25, 0.3) is 6.08 Å². The van der Waals surface area contributed by atoms with Crippen molar-refractivity contribution in [3.05, 3.63) is 29.8 Å². The maximum Gasteiger partial charge on any atom is 0.241 e. The molecule has 0 aromatic heterocycles. The predicted molar refractivity (Wildman–Crippen MR) is 52.9 cm³/mol. The molecule has 0 radical (unpaired) electrons. The van der Waals surface area contributed by atoms with Crippen LogP contribution in [0.4, 0.5) is 0 Å². The van der Waals surface area contributed by atoms with Gasteiger partial charge in [0.05, 0.1) is 7.11 Å². The lowest BCUT2D eigenvalue weighted by molar-refractivity contribution is -0.113. The molecule has 14 heavy (non-hydrogen) atoms. The standard InChI is InChI=1S/C10H11NO3/c1-14-9-6-7(2-4-8(9)12)3-5-10(11)13/h2-6,12H,1H3,(H2,11,13). The minimum Gasteiger partial charge on any atom is -0.504 e. The van der Waals surface area contributed by atoms with E-state index in [1.807, 2.05) is 0 Å². The number of aromatic hydroxyl groups is 1. The molecule has 1 aromatic rings. The molecule has 0 fully saturated rings. The van der Waals surface area contributed by atoms with Crippen LogP contribution in [-0.4, -0.2) is 18.1 Å². The van der Waals surface area contributed by atoms with Crippen molar-refractivity contribution in [2.45, 2.75) is 0 Å². The Morgan fingerprint density at radius 1 is 1.57 bits per heavy atom. The summed E-state index contributed by atoms with van der Waals surface area (Å²) in [6.07, 6.45) is 2.79. The Labute approximate surface area is 81.6 Å². The molecule has 0 saturated heterocycles. The third kappa shape index (κ3) is 2.52. The summed E-state index contributed by atoms with van der Waals surface area (Å²) < 4.78 is 4.89. The Kier molecular flexibility index (Phi) is 3.12. The lowest BCUT2D eigenvalue weighted by Crippen LogP contribution is -2.05. The summed E-state index contributed by atoms with van der Waals surface area (Å²) in [6, 6.07) is 4.74. The molecule has 0 unspecified atom stereocenters.